The van der Waals surface area contributed by atoms with Crippen LogP contribution in [0.5, 0.6) is 0 Å². The van der Waals surface area contributed by atoms with E-state index in [2.05, 4.69) is 22.8 Å². The van der Waals surface area contributed by atoms with Gasteiger partial charge in [0.1, 0.15) is 6.61 Å². The van der Waals surface area contributed by atoms with E-state index in [-0.39, 0.29) is 18.2 Å². The molecule has 1 aliphatic heterocycles. The van der Waals surface area contributed by atoms with E-state index in [4.69, 9.17) is 4.74 Å². The summed E-state index contributed by atoms with van der Waals surface area (Å²) in [4.78, 5) is 12.1. The number of rotatable bonds is 4. The average Bonchev–Trinajstić information content (AvgIpc) is 2.62. The van der Waals surface area contributed by atoms with Crippen LogP contribution in [0.4, 0.5) is 4.79 Å². The molecule has 2 aromatic carbocycles. The molecule has 2 aromatic rings. The molecule has 1 saturated heterocycles. The molecule has 2 atom stereocenters. The number of hydrogen-bond acceptors (Lipinski definition) is 3. The Morgan fingerprint density at radius 1 is 1.09 bits per heavy atom. The summed E-state index contributed by atoms with van der Waals surface area (Å²) in [5.41, 5.74) is 2.18. The maximum absolute atomic E-state index is 12.1. The van der Waals surface area contributed by atoms with Crippen LogP contribution in [-0.4, -0.2) is 18.7 Å². The molecule has 120 valence electrons. The molecule has 3 rings (SSSR count). The van der Waals surface area contributed by atoms with Crippen LogP contribution >= 0.6 is 0 Å². The van der Waals surface area contributed by atoms with Crippen LogP contribution in [0.15, 0.2) is 60.7 Å². The normalized spacial score (nSPS) is 20.7. The lowest BCUT2D eigenvalue weighted by Crippen LogP contribution is -2.48. The summed E-state index contributed by atoms with van der Waals surface area (Å²) in [6, 6.07) is 20.1. The number of nitrogens with one attached hydrogen (secondary N) is 2. The van der Waals surface area contributed by atoms with E-state index < -0.39 is 0 Å². The molecular weight excluding hydrogens is 288 g/mol. The highest BCUT2D eigenvalue weighted by atomic mass is 16.5. The zero-order valence-corrected chi connectivity index (χ0v) is 13.1. The van der Waals surface area contributed by atoms with Crippen LogP contribution in [0.1, 0.15) is 30.0 Å². The highest BCUT2D eigenvalue weighted by Crippen LogP contribution is 2.23. The molecule has 4 heteroatoms. The first-order valence-electron chi connectivity index (χ1n) is 8.08. The van der Waals surface area contributed by atoms with Gasteiger partial charge in [-0.25, -0.2) is 4.79 Å². The monoisotopic (exact) mass is 310 g/mol. The first-order valence-corrected chi connectivity index (χ1v) is 8.08. The number of hydrogen-bond donors (Lipinski definition) is 2. The van der Waals surface area contributed by atoms with E-state index >= 15 is 0 Å². The van der Waals surface area contributed by atoms with Crippen LogP contribution in [0.25, 0.3) is 0 Å². The van der Waals surface area contributed by atoms with Gasteiger partial charge in [0, 0.05) is 0 Å². The second kappa shape index (κ2) is 7.79. The number of ether oxygens (including phenoxy) is 1. The maximum Gasteiger partial charge on any atom is 0.407 e. The van der Waals surface area contributed by atoms with E-state index in [1.165, 1.54) is 5.56 Å². The molecule has 0 aliphatic carbocycles. The molecule has 0 spiro atoms. The number of carbonyl (C=O) groups is 1. The molecule has 2 N–H and O–H groups in total. The Hall–Kier alpha value is -2.33. The fraction of sp³-hybridized carbons (Fsp3) is 0.316. The molecule has 0 radical (unpaired) electrons. The summed E-state index contributed by atoms with van der Waals surface area (Å²) >= 11 is 0. The number of carbonyl (C=O) groups excluding carboxylic acids is 1. The Morgan fingerprint density at radius 3 is 2.52 bits per heavy atom. The van der Waals surface area contributed by atoms with E-state index in [1.54, 1.807) is 0 Å². The van der Waals surface area contributed by atoms with Crippen LogP contribution in [-0.2, 0) is 11.3 Å². The van der Waals surface area contributed by atoms with Crippen molar-refractivity contribution in [3.63, 3.8) is 0 Å². The predicted octanol–water partition coefficient (Wildman–Crippen LogP) is 3.41. The van der Waals surface area contributed by atoms with Crippen molar-refractivity contribution in [3.8, 4) is 0 Å². The summed E-state index contributed by atoms with van der Waals surface area (Å²) < 4.78 is 5.34. The summed E-state index contributed by atoms with van der Waals surface area (Å²) in [6.45, 7) is 1.26. The fourth-order valence-electron chi connectivity index (χ4n) is 2.97. The van der Waals surface area contributed by atoms with E-state index in [0.29, 0.717) is 6.61 Å². The molecule has 1 aliphatic rings. The molecule has 23 heavy (non-hydrogen) atoms. The van der Waals surface area contributed by atoms with Gasteiger partial charge in [0.05, 0.1) is 12.1 Å². The number of amides is 1. The van der Waals surface area contributed by atoms with Crippen LogP contribution in [0.2, 0.25) is 0 Å². The summed E-state index contributed by atoms with van der Waals surface area (Å²) in [6.07, 6.45) is 1.64. The number of piperidine rings is 1. The number of alkyl carbamates (subject to hydrolysis) is 1. The average molecular weight is 310 g/mol. The lowest BCUT2D eigenvalue weighted by molar-refractivity contribution is 0.130. The Labute approximate surface area is 136 Å². The SMILES string of the molecule is O=C(NC1CCCNC1c1ccccc1)OCc1ccccc1. The molecule has 0 aromatic heterocycles. The Bertz CT molecular complexity index is 616. The van der Waals surface area contributed by atoms with Gasteiger partial charge in [-0.05, 0) is 30.5 Å². The van der Waals surface area contributed by atoms with Gasteiger partial charge in [-0.2, -0.15) is 0 Å². The molecule has 0 saturated carbocycles. The van der Waals surface area contributed by atoms with E-state index in [1.807, 2.05) is 48.5 Å². The zero-order valence-electron chi connectivity index (χ0n) is 13.1. The predicted molar refractivity (Wildman–Crippen MR) is 90.0 cm³/mol. The lowest BCUT2D eigenvalue weighted by atomic mass is 9.92. The molecule has 4 nitrogen and oxygen atoms in total. The standard InChI is InChI=1S/C19H22N2O2/c22-19(23-14-15-8-3-1-4-9-15)21-17-12-7-13-20-18(17)16-10-5-2-6-11-16/h1-6,8-11,17-18,20H,7,12-14H2,(H,21,22). The maximum atomic E-state index is 12.1. The van der Waals surface area contributed by atoms with Crippen molar-refractivity contribution < 1.29 is 9.53 Å². The molecule has 2 unspecified atom stereocenters. The summed E-state index contributed by atoms with van der Waals surface area (Å²) in [5.74, 6) is 0. The van der Waals surface area contributed by atoms with Crippen molar-refractivity contribution in [1.29, 1.82) is 0 Å². The van der Waals surface area contributed by atoms with E-state index in [0.717, 1.165) is 24.9 Å². The van der Waals surface area contributed by atoms with Gasteiger partial charge >= 0.3 is 6.09 Å². The van der Waals surface area contributed by atoms with E-state index in [9.17, 15) is 4.79 Å². The van der Waals surface area contributed by atoms with Gasteiger partial charge < -0.3 is 15.4 Å². The smallest absolute Gasteiger partial charge is 0.407 e. The van der Waals surface area contributed by atoms with Gasteiger partial charge in [-0.1, -0.05) is 60.7 Å². The van der Waals surface area contributed by atoms with Gasteiger partial charge in [-0.15, -0.1) is 0 Å². The van der Waals surface area contributed by atoms with Crippen molar-refractivity contribution in [2.75, 3.05) is 6.54 Å². The summed E-state index contributed by atoms with van der Waals surface area (Å²) in [5, 5.41) is 6.51. The van der Waals surface area contributed by atoms with Crippen molar-refractivity contribution in [2.45, 2.75) is 31.5 Å². The van der Waals surface area contributed by atoms with Gasteiger partial charge in [-0.3, -0.25) is 0 Å². The third-order valence-corrected chi connectivity index (χ3v) is 4.13. The largest absolute Gasteiger partial charge is 0.445 e. The molecule has 1 amide bonds. The summed E-state index contributed by atoms with van der Waals surface area (Å²) in [7, 11) is 0. The number of benzene rings is 2. The highest BCUT2D eigenvalue weighted by Gasteiger charge is 2.27. The topological polar surface area (TPSA) is 50.4 Å². The van der Waals surface area contributed by atoms with Gasteiger partial charge in [0.25, 0.3) is 0 Å². The molecule has 0 bridgehead atoms. The van der Waals surface area contributed by atoms with Crippen molar-refractivity contribution >= 4 is 6.09 Å². The minimum atomic E-state index is -0.358. The Balaban J connectivity index is 1.57. The lowest BCUT2D eigenvalue weighted by Gasteiger charge is -2.33. The fourth-order valence-corrected chi connectivity index (χ4v) is 2.97. The molecule has 1 fully saturated rings. The van der Waals surface area contributed by atoms with Crippen LogP contribution in [0.3, 0.4) is 0 Å². The minimum Gasteiger partial charge on any atom is -0.445 e. The second-order valence-corrected chi connectivity index (χ2v) is 5.80. The minimum absolute atomic E-state index is 0.0504. The molecule has 1 heterocycles. The molecular formula is C19H22N2O2. The first-order chi connectivity index (χ1) is 11.3. The van der Waals surface area contributed by atoms with Crippen molar-refractivity contribution in [2.24, 2.45) is 0 Å². The third-order valence-electron chi connectivity index (χ3n) is 4.13. The third kappa shape index (κ3) is 4.33. The Morgan fingerprint density at radius 2 is 1.78 bits per heavy atom. The van der Waals surface area contributed by atoms with Gasteiger partial charge in [0.2, 0.25) is 0 Å². The zero-order chi connectivity index (χ0) is 15.9. The second-order valence-electron chi connectivity index (χ2n) is 5.80. The Kier molecular flexibility index (Phi) is 5.27. The first kappa shape index (κ1) is 15.6. The van der Waals surface area contributed by atoms with Crippen molar-refractivity contribution in [1.82, 2.24) is 10.6 Å². The van der Waals surface area contributed by atoms with Crippen molar-refractivity contribution in [3.05, 3.63) is 71.8 Å². The van der Waals surface area contributed by atoms with Crippen LogP contribution < -0.4 is 10.6 Å². The van der Waals surface area contributed by atoms with Gasteiger partial charge in [0.15, 0.2) is 0 Å². The quantitative estimate of drug-likeness (QED) is 0.910. The highest BCUT2D eigenvalue weighted by molar-refractivity contribution is 5.67. The van der Waals surface area contributed by atoms with Crippen LogP contribution in [0, 0.1) is 0 Å².